The number of rotatable bonds is 0. The van der Waals surface area contributed by atoms with Crippen LogP contribution in [0.15, 0.2) is 0 Å². The molecule has 1 nitrogen and oxygen atoms in total. The lowest BCUT2D eigenvalue weighted by Gasteiger charge is -2.04. The van der Waals surface area contributed by atoms with Crippen molar-refractivity contribution in [2.24, 2.45) is 5.14 Å². The van der Waals surface area contributed by atoms with Crippen molar-refractivity contribution in [3.05, 3.63) is 0 Å². The van der Waals surface area contributed by atoms with Gasteiger partial charge in [-0.1, -0.05) is 13.8 Å². The van der Waals surface area contributed by atoms with Crippen molar-refractivity contribution in [2.45, 2.75) is 20.3 Å². The van der Waals surface area contributed by atoms with Crippen molar-refractivity contribution in [2.75, 3.05) is 5.75 Å². The maximum absolute atomic E-state index is 5.50. The summed E-state index contributed by atoms with van der Waals surface area (Å²) in [6.45, 7) is 4.13. The Bertz CT molecular complexity index is 106. The molecule has 0 aliphatic rings. The van der Waals surface area contributed by atoms with Crippen LogP contribution < -0.4 is 5.14 Å². The summed E-state index contributed by atoms with van der Waals surface area (Å²) in [5, 5.41) is 8.60. The summed E-state index contributed by atoms with van der Waals surface area (Å²) in [6, 6.07) is 0. The van der Waals surface area contributed by atoms with Gasteiger partial charge in [-0.25, -0.2) is 0 Å². The fraction of sp³-hybridized carbons (Fsp3) is 0.800. The summed E-state index contributed by atoms with van der Waals surface area (Å²) >= 11 is 0. The molecule has 0 bridgehead atoms. The molecule has 0 heterocycles. The van der Waals surface area contributed by atoms with E-state index in [2.05, 4.69) is 19.0 Å². The highest BCUT2D eigenvalue weighted by molar-refractivity contribution is 7.84. The van der Waals surface area contributed by atoms with Gasteiger partial charge in [-0.15, -0.1) is 5.75 Å². The van der Waals surface area contributed by atoms with Gasteiger partial charge in [-0.3, -0.25) is 5.18 Å². The van der Waals surface area contributed by atoms with Gasteiger partial charge in [0.2, 0.25) is 0 Å². The molecule has 0 amide bonds. The molecule has 0 aliphatic heterocycles. The predicted molar refractivity (Wildman–Crippen MR) is 36.3 cm³/mol. The second kappa shape index (κ2) is 4.25. The first-order chi connectivity index (χ1) is 3.31. The fourth-order valence-electron chi connectivity index (χ4n) is 0.287. The molecule has 0 aliphatic carbocycles. The summed E-state index contributed by atoms with van der Waals surface area (Å²) in [7, 11) is -0.0270. The van der Waals surface area contributed by atoms with E-state index >= 15 is 0 Å². The molecule has 7 heavy (non-hydrogen) atoms. The van der Waals surface area contributed by atoms with E-state index in [0.29, 0.717) is 0 Å². The monoisotopic (exact) mass is 118 g/mol. The minimum atomic E-state index is -0.0270. The average molecular weight is 118 g/mol. The van der Waals surface area contributed by atoms with Crippen LogP contribution in [0.25, 0.3) is 0 Å². The Hall–Kier alpha value is 0.0900. The molecule has 0 saturated carbocycles. The lowest BCUT2D eigenvalue weighted by molar-refractivity contribution is 1.28. The molecule has 0 unspecified atom stereocenters. The van der Waals surface area contributed by atoms with E-state index in [-0.39, 0.29) is 10.5 Å². The van der Waals surface area contributed by atoms with Crippen molar-refractivity contribution < 1.29 is 0 Å². The molecular weight excluding hydrogens is 106 g/mol. The van der Waals surface area contributed by atoms with Crippen molar-refractivity contribution in [1.29, 1.82) is 0 Å². The Balaban J connectivity index is 3.47. The minimum Gasteiger partial charge on any atom is -0.425 e. The Morgan fingerprint density at radius 2 is 2.14 bits per heavy atom. The van der Waals surface area contributed by atoms with Gasteiger partial charge in [0.15, 0.2) is 0 Å². The molecule has 0 atom stereocenters. The molecule has 0 aromatic carbocycles. The minimum absolute atomic E-state index is 0.0270. The van der Waals surface area contributed by atoms with E-state index in [9.17, 15) is 0 Å². The topological polar surface area (TPSA) is 26.0 Å². The summed E-state index contributed by atoms with van der Waals surface area (Å²) < 4.78 is 0. The van der Waals surface area contributed by atoms with Gasteiger partial charge in [-0.05, 0) is 6.42 Å². The summed E-state index contributed by atoms with van der Waals surface area (Å²) in [5.41, 5.74) is 0. The van der Waals surface area contributed by atoms with Crippen LogP contribution in [0.1, 0.15) is 20.3 Å². The summed E-state index contributed by atoms with van der Waals surface area (Å²) in [6.07, 6.45) is 0.980. The van der Waals surface area contributed by atoms with Crippen LogP contribution in [0.2, 0.25) is 0 Å². The molecule has 0 saturated heterocycles. The third-order valence-electron chi connectivity index (χ3n) is 0.641. The molecule has 0 aromatic heterocycles. The lowest BCUT2D eigenvalue weighted by Crippen LogP contribution is -2.00. The van der Waals surface area contributed by atoms with Gasteiger partial charge in [0, 0.05) is 0 Å². The Kier molecular flexibility index (Phi) is 4.31. The predicted octanol–water partition coefficient (Wildman–Crippen LogP) is 0.868. The zero-order valence-electron chi connectivity index (χ0n) is 4.90. The van der Waals surface area contributed by atoms with Crippen LogP contribution in [0.4, 0.5) is 0 Å². The highest BCUT2D eigenvalue weighted by Crippen LogP contribution is 1.71. The zero-order valence-corrected chi connectivity index (χ0v) is 5.72. The zero-order chi connectivity index (χ0) is 5.70. The molecule has 2 N–H and O–H groups in total. The van der Waals surface area contributed by atoms with Crippen LogP contribution in [-0.4, -0.2) is 5.75 Å². The molecule has 0 fully saturated rings. The van der Waals surface area contributed by atoms with Crippen molar-refractivity contribution in [3.63, 3.8) is 0 Å². The van der Waals surface area contributed by atoms with Crippen molar-refractivity contribution >= 4 is 10.5 Å². The van der Waals surface area contributed by atoms with Gasteiger partial charge in [0.05, 0.1) is 0 Å². The largest absolute Gasteiger partial charge is 0.425 e. The normalized spacial score (nSPS) is 9.14. The van der Waals surface area contributed by atoms with Gasteiger partial charge >= 0.3 is 0 Å². The maximum Gasteiger partial charge on any atom is -0.0276 e. The average Bonchev–Trinajstić information content (AvgIpc) is 1.68. The van der Waals surface area contributed by atoms with E-state index in [0.717, 1.165) is 12.2 Å². The van der Waals surface area contributed by atoms with Gasteiger partial charge < -0.3 is 15.6 Å². The quantitative estimate of drug-likeness (QED) is 0.469. The molecule has 0 aromatic rings. The highest BCUT2D eigenvalue weighted by atomic mass is 32.2. The summed E-state index contributed by atoms with van der Waals surface area (Å²) in [4.78, 5) is 0. The molecule has 2 heteroatoms. The van der Waals surface area contributed by atoms with E-state index in [1.807, 2.05) is 0 Å². The third kappa shape index (κ3) is 3.93. The van der Waals surface area contributed by atoms with Gasteiger partial charge in [-0.2, -0.15) is 0 Å². The summed E-state index contributed by atoms with van der Waals surface area (Å²) in [5.74, 6) is 1.04. The van der Waals surface area contributed by atoms with Crippen LogP contribution in [-0.2, 0) is 10.5 Å². The Labute approximate surface area is 47.6 Å². The standard InChI is InChI=1S/C5H12NS/c1-3-5-7(6)4-2/h3-4,6H2,1-2H3/q-1. The van der Waals surface area contributed by atoms with Gasteiger partial charge in [0.25, 0.3) is 0 Å². The van der Waals surface area contributed by atoms with E-state index < -0.39 is 0 Å². The maximum atomic E-state index is 5.50. The third-order valence-corrected chi connectivity index (χ3v) is 1.92. The molecule has 44 valence electrons. The second-order valence-electron chi connectivity index (χ2n) is 1.22. The number of nitrogens with two attached hydrogens (primary N) is 1. The first-order valence-corrected chi connectivity index (χ1v) is 3.95. The highest BCUT2D eigenvalue weighted by Gasteiger charge is 1.53. The van der Waals surface area contributed by atoms with Crippen molar-refractivity contribution in [1.82, 2.24) is 0 Å². The fourth-order valence-corrected chi connectivity index (χ4v) is 0.862. The smallest absolute Gasteiger partial charge is 0.0276 e. The molecule has 0 spiro atoms. The Morgan fingerprint density at radius 3 is 2.29 bits per heavy atom. The molecular formula is C5H12NS-. The van der Waals surface area contributed by atoms with Crippen LogP contribution in [0.3, 0.4) is 0 Å². The SMILES string of the molecule is CCC#[S-](N)CC. The number of hydrogen-bond donors (Lipinski definition) is 1. The van der Waals surface area contributed by atoms with Crippen LogP contribution in [0, 0.1) is 5.18 Å². The van der Waals surface area contributed by atoms with E-state index in [1.165, 1.54) is 0 Å². The first-order valence-electron chi connectivity index (χ1n) is 2.50. The van der Waals surface area contributed by atoms with Crippen molar-refractivity contribution in [3.8, 4) is 5.18 Å². The van der Waals surface area contributed by atoms with Crippen LogP contribution in [0.5, 0.6) is 0 Å². The number of hydrogen-bond acceptors (Lipinski definition) is 2. The van der Waals surface area contributed by atoms with E-state index in [4.69, 9.17) is 5.14 Å². The van der Waals surface area contributed by atoms with Crippen LogP contribution >= 0.6 is 0 Å². The first kappa shape index (κ1) is 7.09. The molecule has 0 rings (SSSR count). The second-order valence-corrected chi connectivity index (χ2v) is 2.94. The Morgan fingerprint density at radius 1 is 1.57 bits per heavy atom. The molecule has 0 radical (unpaired) electrons. The van der Waals surface area contributed by atoms with E-state index in [1.54, 1.807) is 0 Å². The lowest BCUT2D eigenvalue weighted by atomic mass is 10.6. The van der Waals surface area contributed by atoms with Gasteiger partial charge in [0.1, 0.15) is 0 Å².